The summed E-state index contributed by atoms with van der Waals surface area (Å²) in [6.45, 7) is 5.20. The molecule has 0 aliphatic heterocycles. The molecule has 28 heavy (non-hydrogen) atoms. The molecule has 0 bridgehead atoms. The number of carbonyl (C=O) groups is 2. The first-order valence-corrected chi connectivity index (χ1v) is 9.32. The number of amides is 1. The molecule has 3 rings (SSSR count). The van der Waals surface area contributed by atoms with Gasteiger partial charge in [-0.2, -0.15) is 0 Å². The van der Waals surface area contributed by atoms with E-state index in [1.54, 1.807) is 44.5 Å². The van der Waals surface area contributed by atoms with Gasteiger partial charge in [-0.25, -0.2) is 14.6 Å². The Morgan fingerprint density at radius 1 is 1.21 bits per heavy atom. The van der Waals surface area contributed by atoms with Gasteiger partial charge in [0.25, 0.3) is 5.56 Å². The van der Waals surface area contributed by atoms with Crippen molar-refractivity contribution in [3.8, 4) is 0 Å². The second-order valence-electron chi connectivity index (χ2n) is 6.92. The fraction of sp³-hybridized carbons (Fsp3) is 0.263. The lowest BCUT2D eigenvalue weighted by atomic mass is 10.2. The highest BCUT2D eigenvalue weighted by atomic mass is 32.1. The maximum Gasteiger partial charge on any atom is 0.412 e. The van der Waals surface area contributed by atoms with Crippen LogP contribution in [0, 0.1) is 0 Å². The Balaban J connectivity index is 1.59. The van der Waals surface area contributed by atoms with Crippen LogP contribution in [0.15, 0.2) is 46.7 Å². The smallest absolute Gasteiger partial charge is 0.412 e. The highest BCUT2D eigenvalue weighted by Crippen LogP contribution is 2.14. The van der Waals surface area contributed by atoms with Gasteiger partial charge >= 0.3 is 12.1 Å². The Morgan fingerprint density at radius 3 is 2.61 bits per heavy atom. The lowest BCUT2D eigenvalue weighted by Crippen LogP contribution is -2.27. The van der Waals surface area contributed by atoms with Crippen LogP contribution in [0.2, 0.25) is 0 Å². The van der Waals surface area contributed by atoms with Crippen molar-refractivity contribution in [1.29, 1.82) is 0 Å². The molecule has 146 valence electrons. The molecule has 9 heteroatoms. The maximum atomic E-state index is 12.2. The predicted octanol–water partition coefficient (Wildman–Crippen LogP) is 3.46. The lowest BCUT2D eigenvalue weighted by Gasteiger charge is -2.19. The van der Waals surface area contributed by atoms with Gasteiger partial charge in [0.2, 0.25) is 0 Å². The zero-order valence-electron chi connectivity index (χ0n) is 15.6. The van der Waals surface area contributed by atoms with E-state index in [4.69, 9.17) is 9.47 Å². The van der Waals surface area contributed by atoms with Crippen LogP contribution in [0.1, 0.15) is 36.8 Å². The van der Waals surface area contributed by atoms with Crippen molar-refractivity contribution in [2.75, 3.05) is 5.32 Å². The first kappa shape index (κ1) is 19.6. The average Bonchev–Trinajstić information content (AvgIpc) is 3.08. The number of fused-ring (bicyclic) bond motifs is 1. The molecule has 0 atom stereocenters. The molecule has 0 aliphatic rings. The van der Waals surface area contributed by atoms with Crippen LogP contribution in [0.25, 0.3) is 4.96 Å². The van der Waals surface area contributed by atoms with Crippen molar-refractivity contribution < 1.29 is 19.1 Å². The van der Waals surface area contributed by atoms with Gasteiger partial charge in [-0.15, -0.1) is 11.3 Å². The van der Waals surface area contributed by atoms with E-state index >= 15 is 0 Å². The van der Waals surface area contributed by atoms with E-state index in [9.17, 15) is 14.4 Å². The monoisotopic (exact) mass is 401 g/mol. The SMILES string of the molecule is CC(C)(C)OC(=O)Nc1ccc(C(=O)OCc2cc(=O)n3ccsc3n2)cc1. The summed E-state index contributed by atoms with van der Waals surface area (Å²) >= 11 is 1.32. The summed E-state index contributed by atoms with van der Waals surface area (Å²) in [4.78, 5) is 40.7. The molecular weight excluding hydrogens is 382 g/mol. The van der Waals surface area contributed by atoms with Gasteiger partial charge in [-0.3, -0.25) is 14.5 Å². The summed E-state index contributed by atoms with van der Waals surface area (Å²) in [5.74, 6) is -0.558. The maximum absolute atomic E-state index is 12.2. The van der Waals surface area contributed by atoms with Crippen LogP contribution in [0.5, 0.6) is 0 Å². The molecule has 0 aliphatic carbocycles. The van der Waals surface area contributed by atoms with E-state index < -0.39 is 17.7 Å². The fourth-order valence-corrected chi connectivity index (χ4v) is 3.03. The van der Waals surface area contributed by atoms with Crippen molar-refractivity contribution in [2.45, 2.75) is 33.0 Å². The lowest BCUT2D eigenvalue weighted by molar-refractivity contribution is 0.0467. The Kier molecular flexibility index (Phi) is 5.46. The number of ether oxygens (including phenoxy) is 2. The van der Waals surface area contributed by atoms with Crippen LogP contribution in [-0.2, 0) is 16.1 Å². The van der Waals surface area contributed by atoms with Gasteiger partial charge in [0.15, 0.2) is 4.96 Å². The normalized spacial score (nSPS) is 11.2. The van der Waals surface area contributed by atoms with Crippen LogP contribution in [0.3, 0.4) is 0 Å². The minimum atomic E-state index is -0.601. The van der Waals surface area contributed by atoms with Crippen molar-refractivity contribution in [3.63, 3.8) is 0 Å². The van der Waals surface area contributed by atoms with Crippen molar-refractivity contribution in [1.82, 2.24) is 9.38 Å². The molecule has 0 saturated carbocycles. The number of benzene rings is 1. The first-order valence-electron chi connectivity index (χ1n) is 8.44. The molecule has 1 amide bonds. The van der Waals surface area contributed by atoms with Gasteiger partial charge in [0.05, 0.1) is 11.3 Å². The molecule has 0 unspecified atom stereocenters. The van der Waals surface area contributed by atoms with Gasteiger partial charge < -0.3 is 9.47 Å². The van der Waals surface area contributed by atoms with E-state index in [-0.39, 0.29) is 12.2 Å². The zero-order chi connectivity index (χ0) is 20.3. The van der Waals surface area contributed by atoms with Gasteiger partial charge in [0.1, 0.15) is 12.2 Å². The molecule has 2 heterocycles. The number of hydrogen-bond acceptors (Lipinski definition) is 7. The highest BCUT2D eigenvalue weighted by molar-refractivity contribution is 7.15. The van der Waals surface area contributed by atoms with E-state index in [0.29, 0.717) is 21.9 Å². The Bertz CT molecular complexity index is 1060. The molecular formula is C19H19N3O5S. The fourth-order valence-electron chi connectivity index (χ4n) is 2.30. The second kappa shape index (κ2) is 7.81. The van der Waals surface area contributed by atoms with Gasteiger partial charge in [0, 0.05) is 23.3 Å². The number of aromatic nitrogens is 2. The topological polar surface area (TPSA) is 99.0 Å². The molecule has 1 aromatic carbocycles. The van der Waals surface area contributed by atoms with Crippen molar-refractivity contribution in [3.05, 3.63) is 63.5 Å². The molecule has 2 aromatic heterocycles. The quantitative estimate of drug-likeness (QED) is 0.672. The van der Waals surface area contributed by atoms with E-state index in [1.165, 1.54) is 33.9 Å². The standard InChI is InChI=1S/C19H19N3O5S/c1-19(2,3)27-18(25)21-13-6-4-12(5-7-13)16(24)26-11-14-10-15(23)22-8-9-28-17(22)20-14/h4-10H,11H2,1-3H3,(H,21,25). The van der Waals surface area contributed by atoms with Crippen LogP contribution in [-0.4, -0.2) is 27.0 Å². The Morgan fingerprint density at radius 2 is 1.93 bits per heavy atom. The van der Waals surface area contributed by atoms with Gasteiger partial charge in [-0.1, -0.05) is 0 Å². The number of hydrogen-bond donors (Lipinski definition) is 1. The van der Waals surface area contributed by atoms with E-state index in [0.717, 1.165) is 0 Å². The number of carbonyl (C=O) groups excluding carboxylic acids is 2. The number of esters is 1. The van der Waals surface area contributed by atoms with Crippen LogP contribution in [0.4, 0.5) is 10.5 Å². The summed E-state index contributed by atoms with van der Waals surface area (Å²) in [5.41, 5.74) is 0.349. The van der Waals surface area contributed by atoms with E-state index in [2.05, 4.69) is 10.3 Å². The third-order valence-corrected chi connectivity index (χ3v) is 4.23. The number of anilines is 1. The summed E-state index contributed by atoms with van der Waals surface area (Å²) in [6, 6.07) is 7.53. The Labute approximate surface area is 164 Å². The van der Waals surface area contributed by atoms with E-state index in [1.807, 2.05) is 0 Å². The molecule has 0 radical (unpaired) electrons. The number of rotatable bonds is 4. The third kappa shape index (κ3) is 4.95. The minimum Gasteiger partial charge on any atom is -0.456 e. The molecule has 0 fully saturated rings. The summed E-state index contributed by atoms with van der Waals surface area (Å²) in [6.07, 6.45) is 1.06. The molecule has 0 spiro atoms. The molecule has 0 saturated heterocycles. The number of thiazole rings is 1. The van der Waals surface area contributed by atoms with Gasteiger partial charge in [-0.05, 0) is 45.0 Å². The molecule has 3 aromatic rings. The summed E-state index contributed by atoms with van der Waals surface area (Å²) in [7, 11) is 0. The first-order chi connectivity index (χ1) is 13.2. The second-order valence-corrected chi connectivity index (χ2v) is 7.79. The highest BCUT2D eigenvalue weighted by Gasteiger charge is 2.16. The third-order valence-electron chi connectivity index (χ3n) is 3.47. The number of nitrogens with one attached hydrogen (secondary N) is 1. The van der Waals surface area contributed by atoms with Crippen molar-refractivity contribution in [2.24, 2.45) is 0 Å². The van der Waals surface area contributed by atoms with Crippen LogP contribution < -0.4 is 10.9 Å². The zero-order valence-corrected chi connectivity index (χ0v) is 16.4. The minimum absolute atomic E-state index is 0.111. The summed E-state index contributed by atoms with van der Waals surface area (Å²) < 4.78 is 11.8. The number of nitrogens with zero attached hydrogens (tertiary/aromatic N) is 2. The predicted molar refractivity (Wildman–Crippen MR) is 105 cm³/mol. The average molecular weight is 401 g/mol. The van der Waals surface area contributed by atoms with Crippen LogP contribution >= 0.6 is 11.3 Å². The molecule has 8 nitrogen and oxygen atoms in total. The van der Waals surface area contributed by atoms with Crippen molar-refractivity contribution >= 4 is 34.0 Å². The largest absolute Gasteiger partial charge is 0.456 e. The summed E-state index contributed by atoms with van der Waals surface area (Å²) in [5, 5.41) is 4.34. The molecule has 1 N–H and O–H groups in total. The Hall–Kier alpha value is -3.20.